The summed E-state index contributed by atoms with van der Waals surface area (Å²) in [6.45, 7) is 4.03. The standard InChI is InChI=1S/C11H17N5OS/c1-6(5-17)16(3)9-8-4-7(2)18-10(8)14-11(13-9)15-12/h4,6,17H,5,12H2,1-3H3,(H,13,14,15). The number of likely N-dealkylation sites (N-methyl/N-ethyl adjacent to an activating group) is 1. The first-order chi connectivity index (χ1) is 8.56. The predicted octanol–water partition coefficient (Wildman–Crippen LogP) is 1.10. The average Bonchev–Trinajstić information content (AvgIpc) is 2.75. The van der Waals surface area contributed by atoms with Gasteiger partial charge in [0.25, 0.3) is 0 Å². The van der Waals surface area contributed by atoms with Gasteiger partial charge in [-0.05, 0) is 19.9 Å². The van der Waals surface area contributed by atoms with Gasteiger partial charge in [0.1, 0.15) is 10.6 Å². The fourth-order valence-electron chi connectivity index (χ4n) is 1.69. The van der Waals surface area contributed by atoms with Crippen molar-refractivity contribution in [3.63, 3.8) is 0 Å². The third kappa shape index (κ3) is 2.24. The van der Waals surface area contributed by atoms with E-state index in [4.69, 9.17) is 5.84 Å². The fourth-order valence-corrected chi connectivity index (χ4v) is 2.57. The van der Waals surface area contributed by atoms with Crippen LogP contribution < -0.4 is 16.2 Å². The predicted molar refractivity (Wildman–Crippen MR) is 74.9 cm³/mol. The minimum Gasteiger partial charge on any atom is -0.394 e. The highest BCUT2D eigenvalue weighted by molar-refractivity contribution is 7.18. The van der Waals surface area contributed by atoms with Gasteiger partial charge in [-0.2, -0.15) is 4.98 Å². The first-order valence-corrected chi connectivity index (χ1v) is 6.47. The van der Waals surface area contributed by atoms with Gasteiger partial charge in [-0.3, -0.25) is 5.43 Å². The van der Waals surface area contributed by atoms with E-state index in [0.29, 0.717) is 5.95 Å². The zero-order valence-electron chi connectivity index (χ0n) is 10.6. The van der Waals surface area contributed by atoms with E-state index >= 15 is 0 Å². The van der Waals surface area contributed by atoms with E-state index in [2.05, 4.69) is 21.5 Å². The van der Waals surface area contributed by atoms with Gasteiger partial charge in [-0.1, -0.05) is 0 Å². The van der Waals surface area contributed by atoms with Gasteiger partial charge < -0.3 is 10.0 Å². The molecule has 2 heterocycles. The van der Waals surface area contributed by atoms with Crippen molar-refractivity contribution in [3.05, 3.63) is 10.9 Å². The molecule has 2 aromatic rings. The Balaban J connectivity index is 2.59. The molecule has 18 heavy (non-hydrogen) atoms. The van der Waals surface area contributed by atoms with Crippen molar-refractivity contribution in [1.82, 2.24) is 9.97 Å². The van der Waals surface area contributed by atoms with Crippen molar-refractivity contribution in [2.45, 2.75) is 19.9 Å². The molecule has 1 unspecified atom stereocenters. The van der Waals surface area contributed by atoms with Crippen LogP contribution in [-0.2, 0) is 0 Å². The average molecular weight is 267 g/mol. The Kier molecular flexibility index (Phi) is 3.65. The van der Waals surface area contributed by atoms with Gasteiger partial charge in [0.05, 0.1) is 18.0 Å². The van der Waals surface area contributed by atoms with Gasteiger partial charge in [0.15, 0.2) is 0 Å². The highest BCUT2D eigenvalue weighted by Gasteiger charge is 2.17. The number of anilines is 2. The zero-order chi connectivity index (χ0) is 13.3. The van der Waals surface area contributed by atoms with Crippen LogP contribution in [0.2, 0.25) is 0 Å². The van der Waals surface area contributed by atoms with Gasteiger partial charge >= 0.3 is 0 Å². The maximum absolute atomic E-state index is 9.25. The number of fused-ring (bicyclic) bond motifs is 1. The third-order valence-electron chi connectivity index (χ3n) is 2.88. The molecule has 0 bridgehead atoms. The first kappa shape index (κ1) is 13.0. The van der Waals surface area contributed by atoms with E-state index in [0.717, 1.165) is 16.0 Å². The van der Waals surface area contributed by atoms with Crippen LogP contribution in [0.1, 0.15) is 11.8 Å². The number of nitrogen functional groups attached to an aromatic ring is 1. The van der Waals surface area contributed by atoms with Crippen LogP contribution in [0.25, 0.3) is 10.2 Å². The van der Waals surface area contributed by atoms with Crippen molar-refractivity contribution in [2.75, 3.05) is 24.0 Å². The van der Waals surface area contributed by atoms with Crippen LogP contribution in [0.3, 0.4) is 0 Å². The summed E-state index contributed by atoms with van der Waals surface area (Å²) >= 11 is 1.60. The summed E-state index contributed by atoms with van der Waals surface area (Å²) in [6.07, 6.45) is 0. The first-order valence-electron chi connectivity index (χ1n) is 5.65. The number of aromatic nitrogens is 2. The number of thiophene rings is 1. The molecule has 0 aliphatic heterocycles. The Morgan fingerprint density at radius 1 is 1.56 bits per heavy atom. The lowest BCUT2D eigenvalue weighted by atomic mass is 10.2. The van der Waals surface area contributed by atoms with Crippen LogP contribution >= 0.6 is 11.3 Å². The number of aliphatic hydroxyl groups is 1. The van der Waals surface area contributed by atoms with Crippen LogP contribution in [0.4, 0.5) is 11.8 Å². The fraction of sp³-hybridized carbons (Fsp3) is 0.455. The molecule has 2 rings (SSSR count). The molecule has 0 aliphatic carbocycles. The van der Waals surface area contributed by atoms with Crippen LogP contribution in [0.15, 0.2) is 6.07 Å². The number of hydrazine groups is 1. The van der Waals surface area contributed by atoms with E-state index in [1.54, 1.807) is 11.3 Å². The molecule has 4 N–H and O–H groups in total. The SMILES string of the molecule is Cc1cc2c(N(C)C(C)CO)nc(NN)nc2s1. The second-order valence-electron chi connectivity index (χ2n) is 4.23. The van der Waals surface area contributed by atoms with Gasteiger partial charge in [0.2, 0.25) is 5.95 Å². The molecule has 0 saturated carbocycles. The smallest absolute Gasteiger partial charge is 0.240 e. The van der Waals surface area contributed by atoms with E-state index < -0.39 is 0 Å². The summed E-state index contributed by atoms with van der Waals surface area (Å²) < 4.78 is 0. The molecule has 0 fully saturated rings. The van der Waals surface area contributed by atoms with Crippen molar-refractivity contribution in [2.24, 2.45) is 5.84 Å². The molecule has 7 heteroatoms. The minimum atomic E-state index is -0.0195. The lowest BCUT2D eigenvalue weighted by Gasteiger charge is -2.25. The Morgan fingerprint density at radius 2 is 2.28 bits per heavy atom. The van der Waals surface area contributed by atoms with Gasteiger partial charge in [0, 0.05) is 11.9 Å². The summed E-state index contributed by atoms with van der Waals surface area (Å²) in [5.74, 6) is 6.55. The lowest BCUT2D eigenvalue weighted by Crippen LogP contribution is -2.32. The number of aliphatic hydroxyl groups excluding tert-OH is 1. The summed E-state index contributed by atoms with van der Waals surface area (Å²) in [7, 11) is 1.90. The monoisotopic (exact) mass is 267 g/mol. The Hall–Kier alpha value is -1.44. The van der Waals surface area contributed by atoms with Gasteiger partial charge in [-0.15, -0.1) is 11.3 Å². The minimum absolute atomic E-state index is 0.0195. The van der Waals surface area contributed by atoms with Crippen LogP contribution in [0.5, 0.6) is 0 Å². The molecule has 0 spiro atoms. The second kappa shape index (κ2) is 5.05. The molecule has 6 nitrogen and oxygen atoms in total. The molecular formula is C11H17N5OS. The third-order valence-corrected chi connectivity index (χ3v) is 3.83. The number of rotatable bonds is 4. The van der Waals surface area contributed by atoms with Crippen molar-refractivity contribution in [1.29, 1.82) is 0 Å². The Bertz CT molecular complexity index is 556. The summed E-state index contributed by atoms with van der Waals surface area (Å²) in [5, 5.41) is 10.2. The summed E-state index contributed by atoms with van der Waals surface area (Å²) in [4.78, 5) is 12.7. The molecule has 0 aliphatic rings. The number of nitrogens with zero attached hydrogens (tertiary/aromatic N) is 3. The highest BCUT2D eigenvalue weighted by Crippen LogP contribution is 2.31. The van der Waals surface area contributed by atoms with Crippen molar-refractivity contribution >= 4 is 33.3 Å². The molecule has 1 atom stereocenters. The van der Waals surface area contributed by atoms with Gasteiger partial charge in [-0.25, -0.2) is 10.8 Å². The largest absolute Gasteiger partial charge is 0.394 e. The zero-order valence-corrected chi connectivity index (χ0v) is 11.5. The lowest BCUT2D eigenvalue weighted by molar-refractivity contribution is 0.270. The van der Waals surface area contributed by atoms with Crippen LogP contribution in [0, 0.1) is 6.92 Å². The Labute approximate surface area is 109 Å². The number of nitrogens with two attached hydrogens (primary N) is 1. The second-order valence-corrected chi connectivity index (χ2v) is 5.47. The molecule has 0 aromatic carbocycles. The molecular weight excluding hydrogens is 250 g/mol. The molecule has 2 aromatic heterocycles. The van der Waals surface area contributed by atoms with E-state index in [1.165, 1.54) is 4.88 Å². The number of hydrogen-bond donors (Lipinski definition) is 3. The molecule has 0 saturated heterocycles. The topological polar surface area (TPSA) is 87.3 Å². The number of aryl methyl sites for hydroxylation is 1. The highest BCUT2D eigenvalue weighted by atomic mass is 32.1. The number of nitrogens with one attached hydrogen (secondary N) is 1. The summed E-state index contributed by atoms with van der Waals surface area (Å²) in [5.41, 5.74) is 2.48. The molecule has 98 valence electrons. The van der Waals surface area contributed by atoms with E-state index in [1.807, 2.05) is 25.8 Å². The van der Waals surface area contributed by atoms with E-state index in [-0.39, 0.29) is 12.6 Å². The maximum atomic E-state index is 9.25. The Morgan fingerprint density at radius 3 is 2.89 bits per heavy atom. The quantitative estimate of drug-likeness (QED) is 0.568. The number of hydrogen-bond acceptors (Lipinski definition) is 7. The van der Waals surface area contributed by atoms with Crippen molar-refractivity contribution in [3.8, 4) is 0 Å². The van der Waals surface area contributed by atoms with E-state index in [9.17, 15) is 5.11 Å². The van der Waals surface area contributed by atoms with Crippen LogP contribution in [-0.4, -0.2) is 34.8 Å². The summed E-state index contributed by atoms with van der Waals surface area (Å²) in [6, 6.07) is 2.03. The van der Waals surface area contributed by atoms with Crippen molar-refractivity contribution < 1.29 is 5.11 Å². The maximum Gasteiger partial charge on any atom is 0.240 e. The molecule has 0 radical (unpaired) electrons. The molecule has 0 amide bonds. The normalized spacial score (nSPS) is 12.7.